The molecule has 8 atom stereocenters. The van der Waals surface area contributed by atoms with Gasteiger partial charge in [0.2, 0.25) is 0 Å². The van der Waals surface area contributed by atoms with Gasteiger partial charge >= 0.3 is 0 Å². The molecule has 4 saturated carbocycles. The van der Waals surface area contributed by atoms with Gasteiger partial charge < -0.3 is 9.84 Å². The summed E-state index contributed by atoms with van der Waals surface area (Å²) in [6.45, 7) is 3.52. The summed E-state index contributed by atoms with van der Waals surface area (Å²) in [6, 6.07) is 0. The Morgan fingerprint density at radius 1 is 1.09 bits per heavy atom. The fraction of sp³-hybridized carbons (Fsp3) is 1.00. The second-order valence-electron chi connectivity index (χ2n) is 9.41. The van der Waals surface area contributed by atoms with Crippen LogP contribution >= 0.6 is 15.9 Å². The highest BCUT2D eigenvalue weighted by molar-refractivity contribution is 9.10. The second kappa shape index (κ2) is 4.52. The number of hydrogen-bond acceptors (Lipinski definition) is 2. The summed E-state index contributed by atoms with van der Waals surface area (Å²) in [7, 11) is 0. The van der Waals surface area contributed by atoms with Crippen LogP contribution in [0.25, 0.3) is 0 Å². The molecule has 0 aromatic rings. The van der Waals surface area contributed by atoms with Crippen molar-refractivity contribution in [1.29, 1.82) is 0 Å². The lowest BCUT2D eigenvalue weighted by Gasteiger charge is -2.62. The van der Waals surface area contributed by atoms with Crippen LogP contribution in [0.4, 0.5) is 0 Å². The lowest BCUT2D eigenvalue weighted by Crippen LogP contribution is -2.63. The third-order valence-corrected chi connectivity index (χ3v) is 10.4. The topological polar surface area (TPSA) is 29.5 Å². The van der Waals surface area contributed by atoms with E-state index in [1.165, 1.54) is 44.9 Å². The van der Waals surface area contributed by atoms with Crippen molar-refractivity contribution in [3.63, 3.8) is 0 Å². The minimum absolute atomic E-state index is 0.0607. The van der Waals surface area contributed by atoms with Gasteiger partial charge in [0, 0.05) is 5.41 Å². The van der Waals surface area contributed by atoms with Crippen molar-refractivity contribution < 1.29 is 9.84 Å². The zero-order valence-electron chi connectivity index (χ0n) is 13.7. The van der Waals surface area contributed by atoms with Crippen LogP contribution in [0.5, 0.6) is 0 Å². The molecule has 0 amide bonds. The van der Waals surface area contributed by atoms with E-state index in [0.29, 0.717) is 16.9 Å². The van der Waals surface area contributed by atoms with Crippen LogP contribution in [-0.2, 0) is 4.74 Å². The molecule has 2 bridgehead atoms. The fourth-order valence-corrected chi connectivity index (χ4v) is 9.00. The van der Waals surface area contributed by atoms with Crippen molar-refractivity contribution in [2.75, 3.05) is 6.61 Å². The summed E-state index contributed by atoms with van der Waals surface area (Å²) in [5.74, 6) is 2.65. The standard InChI is InChI=1S/C19H29BrO2/c1-17-6-2-3-14(17)13-9-16-19(20)10-12(21)4-8-18(19,11-22-16)15(13)5-7-17/h12-16,21H,2-11H2,1H3/t12-,13-,14-,15-,16+,17-,18-,19-/m0/s1. The van der Waals surface area contributed by atoms with E-state index in [1.807, 2.05) is 0 Å². The summed E-state index contributed by atoms with van der Waals surface area (Å²) < 4.78 is 6.44. The molecule has 0 aromatic carbocycles. The molecule has 0 radical (unpaired) electrons. The molecule has 124 valence electrons. The van der Waals surface area contributed by atoms with Gasteiger partial charge in [-0.05, 0) is 74.5 Å². The molecule has 22 heavy (non-hydrogen) atoms. The van der Waals surface area contributed by atoms with Crippen LogP contribution in [0.1, 0.15) is 64.7 Å². The Kier molecular flexibility index (Phi) is 3.02. The SMILES string of the molecule is C[C@@]12CCC[C@H]1[C@@H]1C[C@H]3OC[C@@]4(CC[C@H](O)C[C@]34Br)[C@H]1CC2. The average molecular weight is 369 g/mol. The van der Waals surface area contributed by atoms with E-state index < -0.39 is 0 Å². The number of fused-ring (bicyclic) bond motifs is 3. The van der Waals surface area contributed by atoms with Gasteiger partial charge in [-0.2, -0.15) is 0 Å². The zero-order valence-corrected chi connectivity index (χ0v) is 15.3. The zero-order chi connectivity index (χ0) is 15.2. The predicted molar refractivity (Wildman–Crippen MR) is 90.0 cm³/mol. The molecule has 0 aromatic heterocycles. The van der Waals surface area contributed by atoms with Crippen LogP contribution in [-0.4, -0.2) is 28.2 Å². The summed E-state index contributed by atoms with van der Waals surface area (Å²) >= 11 is 4.16. The molecule has 0 unspecified atom stereocenters. The van der Waals surface area contributed by atoms with Gasteiger partial charge in [-0.3, -0.25) is 0 Å². The number of ether oxygens (including phenoxy) is 1. The molecule has 1 aliphatic heterocycles. The fourth-order valence-electron chi connectivity index (χ4n) is 7.70. The first-order valence-corrected chi connectivity index (χ1v) is 10.3. The first kappa shape index (κ1) is 14.7. The molecule has 1 heterocycles. The van der Waals surface area contributed by atoms with E-state index in [1.54, 1.807) is 0 Å². The van der Waals surface area contributed by atoms with Crippen molar-refractivity contribution in [3.8, 4) is 0 Å². The van der Waals surface area contributed by atoms with Crippen LogP contribution in [0.15, 0.2) is 0 Å². The van der Waals surface area contributed by atoms with E-state index >= 15 is 0 Å². The van der Waals surface area contributed by atoms with Crippen molar-refractivity contribution in [1.82, 2.24) is 0 Å². The van der Waals surface area contributed by atoms with Gasteiger partial charge in [0.05, 0.1) is 23.1 Å². The summed E-state index contributed by atoms with van der Waals surface area (Å²) in [6.07, 6.45) is 11.7. The number of alkyl halides is 1. The number of aliphatic hydroxyl groups excluding tert-OH is 1. The third-order valence-electron chi connectivity index (χ3n) is 8.75. The van der Waals surface area contributed by atoms with Gasteiger partial charge in [0.1, 0.15) is 0 Å². The Balaban J connectivity index is 1.56. The van der Waals surface area contributed by atoms with Gasteiger partial charge in [-0.25, -0.2) is 0 Å². The van der Waals surface area contributed by atoms with Crippen LogP contribution in [0.2, 0.25) is 0 Å². The van der Waals surface area contributed by atoms with Crippen molar-refractivity contribution in [2.24, 2.45) is 28.6 Å². The van der Waals surface area contributed by atoms with Crippen molar-refractivity contribution in [3.05, 3.63) is 0 Å². The van der Waals surface area contributed by atoms with Gasteiger partial charge in [0.15, 0.2) is 0 Å². The second-order valence-corrected chi connectivity index (χ2v) is 10.8. The number of hydrogen-bond donors (Lipinski definition) is 1. The highest BCUT2D eigenvalue weighted by Gasteiger charge is 2.71. The van der Waals surface area contributed by atoms with E-state index in [-0.39, 0.29) is 10.4 Å². The summed E-state index contributed by atoms with van der Waals surface area (Å²) in [5, 5.41) is 10.3. The Morgan fingerprint density at radius 2 is 1.95 bits per heavy atom. The van der Waals surface area contributed by atoms with Crippen LogP contribution < -0.4 is 0 Å². The molecule has 4 aliphatic carbocycles. The molecule has 5 rings (SSSR count). The maximum Gasteiger partial charge on any atom is 0.0738 e. The minimum atomic E-state index is -0.131. The summed E-state index contributed by atoms with van der Waals surface area (Å²) in [5.41, 5.74) is 0.932. The first-order chi connectivity index (χ1) is 10.5. The number of rotatable bonds is 0. The van der Waals surface area contributed by atoms with E-state index in [2.05, 4.69) is 22.9 Å². The first-order valence-electron chi connectivity index (χ1n) is 9.47. The maximum atomic E-state index is 10.3. The maximum absolute atomic E-state index is 10.3. The normalized spacial score (nSPS) is 63.1. The molecule has 5 fully saturated rings. The molecular weight excluding hydrogens is 340 g/mol. The van der Waals surface area contributed by atoms with Gasteiger partial charge in [-0.1, -0.05) is 29.3 Å². The van der Waals surface area contributed by atoms with Gasteiger partial charge in [0.25, 0.3) is 0 Å². The number of aliphatic hydroxyl groups is 1. The average Bonchev–Trinajstić information content (AvgIpc) is 2.93. The smallest absolute Gasteiger partial charge is 0.0738 e. The molecule has 1 saturated heterocycles. The Labute approximate surface area is 142 Å². The lowest BCUT2D eigenvalue weighted by molar-refractivity contribution is -0.0941. The minimum Gasteiger partial charge on any atom is -0.393 e. The van der Waals surface area contributed by atoms with E-state index in [9.17, 15) is 5.11 Å². The van der Waals surface area contributed by atoms with E-state index in [0.717, 1.165) is 37.2 Å². The molecule has 1 N–H and O–H groups in total. The Hall–Kier alpha value is 0.400. The quantitative estimate of drug-likeness (QED) is 0.646. The largest absolute Gasteiger partial charge is 0.393 e. The highest BCUT2D eigenvalue weighted by atomic mass is 79.9. The van der Waals surface area contributed by atoms with Crippen molar-refractivity contribution >= 4 is 15.9 Å². The monoisotopic (exact) mass is 368 g/mol. The summed E-state index contributed by atoms with van der Waals surface area (Å²) in [4.78, 5) is 0. The Bertz CT molecular complexity index is 496. The van der Waals surface area contributed by atoms with E-state index in [4.69, 9.17) is 4.74 Å². The molecule has 3 heteroatoms. The molecule has 0 spiro atoms. The third kappa shape index (κ3) is 1.59. The number of halogens is 1. The van der Waals surface area contributed by atoms with Crippen molar-refractivity contribution in [2.45, 2.75) is 81.2 Å². The molecule has 5 aliphatic rings. The molecular formula is C19H29BrO2. The lowest BCUT2D eigenvalue weighted by atomic mass is 9.45. The Morgan fingerprint density at radius 3 is 2.82 bits per heavy atom. The van der Waals surface area contributed by atoms with Gasteiger partial charge in [-0.15, -0.1) is 0 Å². The van der Waals surface area contributed by atoms with Crippen LogP contribution in [0.3, 0.4) is 0 Å². The molecule has 2 nitrogen and oxygen atoms in total. The highest BCUT2D eigenvalue weighted by Crippen LogP contribution is 2.72. The van der Waals surface area contributed by atoms with Crippen LogP contribution in [0, 0.1) is 28.6 Å². The predicted octanol–water partition coefficient (Wildman–Crippen LogP) is 4.29.